The molecule has 3 heterocycles. The van der Waals surface area contributed by atoms with Crippen molar-refractivity contribution in [2.24, 2.45) is 11.8 Å². The lowest BCUT2D eigenvalue weighted by Crippen LogP contribution is -2.37. The Kier molecular flexibility index (Phi) is 7.35. The quantitative estimate of drug-likeness (QED) is 0.182. The summed E-state index contributed by atoms with van der Waals surface area (Å²) in [5.74, 6) is 1.61. The van der Waals surface area contributed by atoms with Gasteiger partial charge in [-0.1, -0.05) is 60.7 Å². The number of phenolic OH excluding ortho intramolecular Hbond substituents is 1. The summed E-state index contributed by atoms with van der Waals surface area (Å²) in [7, 11) is 0. The maximum absolute atomic E-state index is 16.5. The van der Waals surface area contributed by atoms with Crippen molar-refractivity contribution in [2.75, 3.05) is 24.6 Å². The van der Waals surface area contributed by atoms with E-state index in [1.54, 1.807) is 24.4 Å². The van der Waals surface area contributed by atoms with Crippen LogP contribution in [0.4, 0.5) is 10.2 Å². The number of aromatic nitrogens is 3. The van der Waals surface area contributed by atoms with Gasteiger partial charge in [0.25, 0.3) is 0 Å². The molecule has 1 N–H and O–H groups in total. The highest BCUT2D eigenvalue weighted by Gasteiger charge is 2.34. The van der Waals surface area contributed by atoms with E-state index in [1.165, 1.54) is 19.3 Å². The van der Waals surface area contributed by atoms with Crippen molar-refractivity contribution >= 4 is 45.2 Å². The molecule has 2 unspecified atom stereocenters. The molecule has 1 aliphatic heterocycles. The van der Waals surface area contributed by atoms with E-state index in [1.807, 2.05) is 42.5 Å². The molecular weight excluding hydrogens is 563 g/mol. The highest BCUT2D eigenvalue weighted by Crippen LogP contribution is 2.41. The average molecular weight is 595 g/mol. The number of piperidine rings is 1. The van der Waals surface area contributed by atoms with Crippen LogP contribution in [0.1, 0.15) is 36.8 Å². The molecular formula is C35H32ClFN4O2. The molecule has 2 aliphatic rings. The first-order chi connectivity index (χ1) is 21.0. The minimum Gasteiger partial charge on any atom is -0.507 e. The number of nitrogens with zero attached hydrogens (tertiary/aromatic N) is 4. The van der Waals surface area contributed by atoms with Crippen LogP contribution in [-0.2, 0) is 6.42 Å². The SMILES string of the molecule is C=Cc1cc(CCCOc2nc(N3CC4CCC(C4)C3)c3cnc(-c4cccc5cccc(Cl)c45)c(F)c3n2)ccc1O. The lowest BCUT2D eigenvalue weighted by molar-refractivity contribution is 0.287. The summed E-state index contributed by atoms with van der Waals surface area (Å²) in [6.45, 7) is 5.89. The molecule has 1 saturated carbocycles. The van der Waals surface area contributed by atoms with Gasteiger partial charge in [-0.2, -0.15) is 9.97 Å². The number of aromatic hydroxyl groups is 1. The number of pyridine rings is 1. The molecule has 2 bridgehead atoms. The predicted molar refractivity (Wildman–Crippen MR) is 170 cm³/mol. The van der Waals surface area contributed by atoms with Gasteiger partial charge in [0.2, 0.25) is 0 Å². The second-order valence-corrected chi connectivity index (χ2v) is 12.1. The largest absolute Gasteiger partial charge is 0.507 e. The maximum atomic E-state index is 16.5. The van der Waals surface area contributed by atoms with Gasteiger partial charge < -0.3 is 14.7 Å². The second kappa shape index (κ2) is 11.5. The van der Waals surface area contributed by atoms with Crippen LogP contribution in [0.3, 0.4) is 0 Å². The van der Waals surface area contributed by atoms with Crippen molar-refractivity contribution in [3.05, 3.63) is 89.3 Å². The molecule has 6 nitrogen and oxygen atoms in total. The van der Waals surface area contributed by atoms with Crippen LogP contribution in [0.2, 0.25) is 5.02 Å². The first-order valence-electron chi connectivity index (χ1n) is 14.8. The number of halogens is 2. The maximum Gasteiger partial charge on any atom is 0.319 e. The molecule has 1 aliphatic carbocycles. The van der Waals surface area contributed by atoms with E-state index in [-0.39, 0.29) is 23.0 Å². The van der Waals surface area contributed by atoms with E-state index in [4.69, 9.17) is 21.3 Å². The molecule has 2 fully saturated rings. The fraction of sp³-hybridized carbons (Fsp3) is 0.286. The normalized spacial score (nSPS) is 18.0. The first kappa shape index (κ1) is 27.6. The summed E-state index contributed by atoms with van der Waals surface area (Å²) >= 11 is 6.59. The average Bonchev–Trinajstić information content (AvgIpc) is 3.36. The minimum absolute atomic E-state index is 0.157. The van der Waals surface area contributed by atoms with Crippen molar-refractivity contribution in [2.45, 2.75) is 32.1 Å². The summed E-state index contributed by atoms with van der Waals surface area (Å²) < 4.78 is 22.6. The zero-order chi connectivity index (χ0) is 29.5. The smallest absolute Gasteiger partial charge is 0.319 e. The highest BCUT2D eigenvalue weighted by atomic mass is 35.5. The molecule has 5 aromatic rings. The van der Waals surface area contributed by atoms with E-state index in [0.717, 1.165) is 35.8 Å². The number of benzene rings is 3. The standard InChI is InChI=1S/C35H32ClFN4O2/c1-2-24-17-21(13-14-29(24)42)6-5-15-43-35-39-33-27(34(40-35)41-19-22-11-12-23(16-22)20-41)18-38-32(31(33)37)26-9-3-7-25-8-4-10-28(36)30(25)26/h2-4,7-10,13-14,17-18,22-23,42H,1,5-6,11-12,15-16,19-20H2. The zero-order valence-corrected chi connectivity index (χ0v) is 24.5. The summed E-state index contributed by atoms with van der Waals surface area (Å²) in [6, 6.07) is 17.0. The second-order valence-electron chi connectivity index (χ2n) is 11.7. The number of hydrogen-bond donors (Lipinski definition) is 1. The fourth-order valence-electron chi connectivity index (χ4n) is 6.75. The topological polar surface area (TPSA) is 71.4 Å². The molecule has 8 heteroatoms. The number of ether oxygens (including phenoxy) is 1. The Morgan fingerprint density at radius 2 is 1.86 bits per heavy atom. The Bertz CT molecular complexity index is 1840. The molecule has 43 heavy (non-hydrogen) atoms. The monoisotopic (exact) mass is 594 g/mol. The molecule has 0 radical (unpaired) electrons. The van der Waals surface area contributed by atoms with Crippen molar-refractivity contribution in [1.29, 1.82) is 0 Å². The van der Waals surface area contributed by atoms with Gasteiger partial charge in [0.05, 0.1) is 12.0 Å². The number of rotatable bonds is 8. The van der Waals surface area contributed by atoms with Crippen LogP contribution < -0.4 is 9.64 Å². The van der Waals surface area contributed by atoms with Gasteiger partial charge in [-0.3, -0.25) is 4.98 Å². The molecule has 0 amide bonds. The third-order valence-corrected chi connectivity index (χ3v) is 9.13. The van der Waals surface area contributed by atoms with Gasteiger partial charge in [0, 0.05) is 40.8 Å². The van der Waals surface area contributed by atoms with E-state index in [2.05, 4.69) is 21.4 Å². The predicted octanol–water partition coefficient (Wildman–Crippen LogP) is 8.23. The summed E-state index contributed by atoms with van der Waals surface area (Å²) in [4.78, 5) is 16.3. The molecule has 2 atom stereocenters. The van der Waals surface area contributed by atoms with Crippen LogP contribution in [-0.4, -0.2) is 39.8 Å². The van der Waals surface area contributed by atoms with Crippen molar-refractivity contribution in [3.63, 3.8) is 0 Å². The molecule has 2 aromatic heterocycles. The van der Waals surface area contributed by atoms with Crippen LogP contribution in [0.5, 0.6) is 11.8 Å². The lowest BCUT2D eigenvalue weighted by Gasteiger charge is -2.33. The van der Waals surface area contributed by atoms with E-state index < -0.39 is 5.82 Å². The summed E-state index contributed by atoms with van der Waals surface area (Å²) in [5.41, 5.74) is 2.78. The van der Waals surface area contributed by atoms with E-state index in [9.17, 15) is 5.11 Å². The fourth-order valence-corrected chi connectivity index (χ4v) is 7.03. The number of aryl methyl sites for hydroxylation is 1. The van der Waals surface area contributed by atoms with Gasteiger partial charge in [0.15, 0.2) is 5.82 Å². The lowest BCUT2D eigenvalue weighted by atomic mass is 9.98. The molecule has 3 aromatic carbocycles. The van der Waals surface area contributed by atoms with E-state index in [0.29, 0.717) is 52.2 Å². The van der Waals surface area contributed by atoms with Gasteiger partial charge in [-0.15, -0.1) is 0 Å². The van der Waals surface area contributed by atoms with Gasteiger partial charge in [-0.05, 0) is 73.1 Å². The molecule has 7 rings (SSSR count). The van der Waals surface area contributed by atoms with Crippen molar-refractivity contribution in [1.82, 2.24) is 15.0 Å². The molecule has 218 valence electrons. The number of fused-ring (bicyclic) bond motifs is 4. The highest BCUT2D eigenvalue weighted by molar-refractivity contribution is 6.36. The number of anilines is 1. The van der Waals surface area contributed by atoms with Gasteiger partial charge in [-0.25, -0.2) is 4.39 Å². The van der Waals surface area contributed by atoms with Gasteiger partial charge in [0.1, 0.15) is 22.8 Å². The zero-order valence-electron chi connectivity index (χ0n) is 23.8. The Morgan fingerprint density at radius 1 is 1.07 bits per heavy atom. The van der Waals surface area contributed by atoms with Crippen LogP contribution in [0.25, 0.3) is 39.0 Å². The Morgan fingerprint density at radius 3 is 2.65 bits per heavy atom. The summed E-state index contributed by atoms with van der Waals surface area (Å²) in [5, 5.41) is 12.7. The van der Waals surface area contributed by atoms with Crippen molar-refractivity contribution < 1.29 is 14.2 Å². The number of hydrogen-bond acceptors (Lipinski definition) is 6. The summed E-state index contributed by atoms with van der Waals surface area (Å²) in [6.07, 6.45) is 8.45. The van der Waals surface area contributed by atoms with Crippen molar-refractivity contribution in [3.8, 4) is 23.0 Å². The van der Waals surface area contributed by atoms with E-state index >= 15 is 4.39 Å². The first-order valence-corrected chi connectivity index (χ1v) is 15.2. The van der Waals surface area contributed by atoms with Crippen LogP contribution in [0.15, 0.2) is 67.4 Å². The Labute approximate surface area is 254 Å². The Hall–Kier alpha value is -4.23. The Balaban J connectivity index is 1.25. The third-order valence-electron chi connectivity index (χ3n) is 8.81. The van der Waals surface area contributed by atoms with Crippen LogP contribution in [0, 0.1) is 17.7 Å². The third kappa shape index (κ3) is 5.27. The minimum atomic E-state index is -0.514. The molecule has 1 saturated heterocycles. The van der Waals surface area contributed by atoms with Gasteiger partial charge >= 0.3 is 6.01 Å². The molecule has 0 spiro atoms. The van der Waals surface area contributed by atoms with Crippen LogP contribution >= 0.6 is 11.6 Å². The number of phenols is 1.